The molecule has 1 aromatic carbocycles. The van der Waals surface area contributed by atoms with E-state index in [1.165, 1.54) is 0 Å². The highest BCUT2D eigenvalue weighted by atomic mass is 16.5. The van der Waals surface area contributed by atoms with Crippen LogP contribution in [-0.2, 0) is 0 Å². The second-order valence-electron chi connectivity index (χ2n) is 6.75. The van der Waals surface area contributed by atoms with Gasteiger partial charge in [-0.3, -0.25) is 4.79 Å². The van der Waals surface area contributed by atoms with Crippen LogP contribution in [0.4, 0.5) is 0 Å². The van der Waals surface area contributed by atoms with Crippen molar-refractivity contribution in [1.82, 2.24) is 15.4 Å². The summed E-state index contributed by atoms with van der Waals surface area (Å²) in [5.41, 5.74) is 1.66. The minimum Gasteiger partial charge on any atom is -0.497 e. The van der Waals surface area contributed by atoms with Gasteiger partial charge in [0.2, 0.25) is 5.76 Å². The van der Waals surface area contributed by atoms with Crippen molar-refractivity contribution in [2.24, 2.45) is 11.3 Å². The molecule has 6 heteroatoms. The SMILES string of the molecule is C#CNCC12CC1CN(C(=O)c1cc(-c3ccc(OC)cc3)no1)C2. The number of piperidine rings is 1. The Labute approximate surface area is 146 Å². The Bertz CT molecular complexity index is 836. The fourth-order valence-electron chi connectivity index (χ4n) is 3.68. The number of fused-ring (bicyclic) bond motifs is 1. The number of ether oxygens (including phenoxy) is 1. The van der Waals surface area contributed by atoms with Gasteiger partial charge in [0.25, 0.3) is 5.91 Å². The van der Waals surface area contributed by atoms with E-state index in [2.05, 4.69) is 16.5 Å². The fourth-order valence-corrected chi connectivity index (χ4v) is 3.68. The highest BCUT2D eigenvalue weighted by Gasteiger charge is 2.60. The van der Waals surface area contributed by atoms with Gasteiger partial charge in [-0.15, -0.1) is 0 Å². The molecule has 25 heavy (non-hydrogen) atoms. The predicted molar refractivity (Wildman–Crippen MR) is 91.8 cm³/mol. The molecule has 2 atom stereocenters. The van der Waals surface area contributed by atoms with Gasteiger partial charge < -0.3 is 19.5 Å². The van der Waals surface area contributed by atoms with Gasteiger partial charge in [-0.2, -0.15) is 0 Å². The summed E-state index contributed by atoms with van der Waals surface area (Å²) in [5, 5.41) is 6.98. The zero-order valence-corrected chi connectivity index (χ0v) is 14.0. The third-order valence-electron chi connectivity index (χ3n) is 5.24. The summed E-state index contributed by atoms with van der Waals surface area (Å²) in [6.07, 6.45) is 6.40. The Morgan fingerprint density at radius 1 is 1.52 bits per heavy atom. The van der Waals surface area contributed by atoms with E-state index in [0.29, 0.717) is 18.2 Å². The molecular formula is C19H19N3O3. The summed E-state index contributed by atoms with van der Waals surface area (Å²) < 4.78 is 10.4. The van der Waals surface area contributed by atoms with E-state index < -0.39 is 0 Å². The first kappa shape index (κ1) is 15.6. The normalized spacial score (nSPS) is 23.7. The number of hydrogen-bond acceptors (Lipinski definition) is 5. The van der Waals surface area contributed by atoms with Gasteiger partial charge in [0, 0.05) is 42.7 Å². The van der Waals surface area contributed by atoms with Crippen molar-refractivity contribution in [3.05, 3.63) is 36.1 Å². The lowest BCUT2D eigenvalue weighted by atomic mass is 10.1. The molecule has 1 saturated heterocycles. The van der Waals surface area contributed by atoms with Crippen LogP contribution in [0.2, 0.25) is 0 Å². The second-order valence-corrected chi connectivity index (χ2v) is 6.75. The predicted octanol–water partition coefficient (Wildman–Crippen LogP) is 1.99. The third kappa shape index (κ3) is 2.72. The highest BCUT2D eigenvalue weighted by molar-refractivity contribution is 5.92. The van der Waals surface area contributed by atoms with Crippen LogP contribution in [0.25, 0.3) is 11.3 Å². The number of carbonyl (C=O) groups excluding carboxylic acids is 1. The Morgan fingerprint density at radius 2 is 2.32 bits per heavy atom. The number of benzene rings is 1. The standard InChI is InChI=1S/C19H19N3O3/c1-3-20-11-19-9-14(19)10-22(12-19)18(23)17-8-16(21-25-17)13-4-6-15(24-2)7-5-13/h1,4-8,14,20H,9-12H2,2H3. The summed E-state index contributed by atoms with van der Waals surface area (Å²) in [6.45, 7) is 2.22. The van der Waals surface area contributed by atoms with E-state index in [1.54, 1.807) is 13.2 Å². The molecule has 2 heterocycles. The van der Waals surface area contributed by atoms with Gasteiger partial charge in [0.1, 0.15) is 11.4 Å². The van der Waals surface area contributed by atoms with E-state index in [4.69, 9.17) is 15.7 Å². The highest BCUT2D eigenvalue weighted by Crippen LogP contribution is 2.57. The molecule has 6 nitrogen and oxygen atoms in total. The van der Waals surface area contributed by atoms with E-state index in [9.17, 15) is 4.79 Å². The number of amides is 1. The van der Waals surface area contributed by atoms with Crippen molar-refractivity contribution in [1.29, 1.82) is 0 Å². The fraction of sp³-hybridized carbons (Fsp3) is 0.368. The first-order chi connectivity index (χ1) is 12.1. The molecule has 1 aliphatic carbocycles. The number of nitrogens with one attached hydrogen (secondary N) is 1. The third-order valence-corrected chi connectivity index (χ3v) is 5.24. The van der Waals surface area contributed by atoms with Crippen LogP contribution in [0.1, 0.15) is 17.0 Å². The summed E-state index contributed by atoms with van der Waals surface area (Å²) in [6, 6.07) is 11.6. The number of terminal acetylenes is 1. The van der Waals surface area contributed by atoms with E-state index in [1.807, 2.05) is 29.2 Å². The largest absolute Gasteiger partial charge is 0.497 e. The summed E-state index contributed by atoms with van der Waals surface area (Å²) in [7, 11) is 1.62. The molecule has 2 aromatic rings. The zero-order chi connectivity index (χ0) is 17.4. The first-order valence-electron chi connectivity index (χ1n) is 8.24. The zero-order valence-electron chi connectivity index (χ0n) is 14.0. The lowest BCUT2D eigenvalue weighted by Gasteiger charge is -2.19. The molecule has 1 aromatic heterocycles. The van der Waals surface area contributed by atoms with E-state index >= 15 is 0 Å². The molecule has 1 saturated carbocycles. The van der Waals surface area contributed by atoms with Crippen LogP contribution in [0.3, 0.4) is 0 Å². The molecule has 1 aliphatic heterocycles. The minimum absolute atomic E-state index is 0.112. The number of methoxy groups -OCH3 is 1. The van der Waals surface area contributed by atoms with Crippen LogP contribution < -0.4 is 10.1 Å². The smallest absolute Gasteiger partial charge is 0.292 e. The van der Waals surface area contributed by atoms with Crippen LogP contribution in [-0.4, -0.2) is 42.7 Å². The number of nitrogens with zero attached hydrogens (tertiary/aromatic N) is 2. The van der Waals surface area contributed by atoms with Gasteiger partial charge in [-0.05, 0) is 36.6 Å². The molecule has 2 aliphatic rings. The molecule has 2 unspecified atom stereocenters. The van der Waals surface area contributed by atoms with Crippen molar-refractivity contribution in [3.8, 4) is 29.5 Å². The van der Waals surface area contributed by atoms with Crippen molar-refractivity contribution >= 4 is 5.91 Å². The molecule has 128 valence electrons. The Hall–Kier alpha value is -2.94. The molecule has 0 spiro atoms. The minimum atomic E-state index is -0.112. The number of hydrogen-bond donors (Lipinski definition) is 1. The van der Waals surface area contributed by atoms with E-state index in [0.717, 1.165) is 30.8 Å². The maximum Gasteiger partial charge on any atom is 0.292 e. The summed E-state index contributed by atoms with van der Waals surface area (Å²) in [5.74, 6) is 1.46. The lowest BCUT2D eigenvalue weighted by molar-refractivity contribution is 0.0723. The average molecular weight is 337 g/mol. The van der Waals surface area contributed by atoms with Crippen molar-refractivity contribution in [2.45, 2.75) is 6.42 Å². The van der Waals surface area contributed by atoms with Crippen LogP contribution in [0.5, 0.6) is 5.75 Å². The number of carbonyl (C=O) groups is 1. The first-order valence-corrected chi connectivity index (χ1v) is 8.24. The molecule has 2 fully saturated rings. The van der Waals surface area contributed by atoms with Gasteiger partial charge in [0.15, 0.2) is 0 Å². The molecular weight excluding hydrogens is 318 g/mol. The molecule has 1 N–H and O–H groups in total. The van der Waals surface area contributed by atoms with Crippen LogP contribution in [0, 0.1) is 23.8 Å². The molecule has 4 rings (SSSR count). The molecule has 1 amide bonds. The Morgan fingerprint density at radius 3 is 3.04 bits per heavy atom. The number of likely N-dealkylation sites (tertiary alicyclic amines) is 1. The molecule has 0 bridgehead atoms. The van der Waals surface area contributed by atoms with Crippen molar-refractivity contribution < 1.29 is 14.1 Å². The topological polar surface area (TPSA) is 67.6 Å². The quantitative estimate of drug-likeness (QED) is 0.668. The summed E-state index contributed by atoms with van der Waals surface area (Å²) in [4.78, 5) is 14.5. The van der Waals surface area contributed by atoms with Crippen LogP contribution in [0.15, 0.2) is 34.9 Å². The molecule has 0 radical (unpaired) electrons. The average Bonchev–Trinajstić information content (AvgIpc) is 3.02. The van der Waals surface area contributed by atoms with Gasteiger partial charge in [0.05, 0.1) is 7.11 Å². The van der Waals surface area contributed by atoms with Crippen molar-refractivity contribution in [3.63, 3.8) is 0 Å². The van der Waals surface area contributed by atoms with Crippen molar-refractivity contribution in [2.75, 3.05) is 26.7 Å². The number of rotatable bonds is 5. The van der Waals surface area contributed by atoms with Crippen LogP contribution >= 0.6 is 0 Å². The number of aromatic nitrogens is 1. The second kappa shape index (κ2) is 5.85. The lowest BCUT2D eigenvalue weighted by Crippen LogP contribution is -2.34. The Kier molecular flexibility index (Phi) is 3.65. The van der Waals surface area contributed by atoms with E-state index in [-0.39, 0.29) is 17.1 Å². The van der Waals surface area contributed by atoms with Gasteiger partial charge in [-0.25, -0.2) is 0 Å². The summed E-state index contributed by atoms with van der Waals surface area (Å²) >= 11 is 0. The maximum atomic E-state index is 12.7. The maximum absolute atomic E-state index is 12.7. The van der Waals surface area contributed by atoms with Gasteiger partial charge >= 0.3 is 0 Å². The Balaban J connectivity index is 1.45. The van der Waals surface area contributed by atoms with Gasteiger partial charge in [-0.1, -0.05) is 11.6 Å². The monoisotopic (exact) mass is 337 g/mol.